The third kappa shape index (κ3) is 2.05. The summed E-state index contributed by atoms with van der Waals surface area (Å²) in [6, 6.07) is 7.18. The molecule has 0 saturated heterocycles. The van der Waals surface area contributed by atoms with Crippen LogP contribution in [0.15, 0.2) is 18.2 Å². The van der Waals surface area contributed by atoms with Crippen molar-refractivity contribution in [1.82, 2.24) is 0 Å². The summed E-state index contributed by atoms with van der Waals surface area (Å²) in [6.07, 6.45) is 0. The van der Waals surface area contributed by atoms with Crippen molar-refractivity contribution in [2.24, 2.45) is 0 Å². The van der Waals surface area contributed by atoms with Crippen LogP contribution in [0, 0.1) is 11.3 Å². The molecule has 2 rings (SSSR count). The summed E-state index contributed by atoms with van der Waals surface area (Å²) >= 11 is 0. The molecule has 92 valence electrons. The van der Waals surface area contributed by atoms with E-state index >= 15 is 0 Å². The predicted molar refractivity (Wildman–Crippen MR) is 67.5 cm³/mol. The lowest BCUT2D eigenvalue weighted by Crippen LogP contribution is -2.45. The molecule has 0 saturated carbocycles. The normalized spacial score (nSPS) is 14.2. The van der Waals surface area contributed by atoms with Gasteiger partial charge in [0, 0.05) is 7.05 Å². The molecule has 0 bridgehead atoms. The zero-order valence-electron chi connectivity index (χ0n) is 10.3. The molecule has 1 aromatic carbocycles. The molecule has 1 amide bonds. The number of hydrogen-bond acceptors (Lipinski definition) is 4. The molecule has 0 atom stereocenters. The molecule has 5 nitrogen and oxygen atoms in total. The van der Waals surface area contributed by atoms with Gasteiger partial charge < -0.3 is 9.80 Å². The average Bonchev–Trinajstić information content (AvgIpc) is 2.34. The fourth-order valence-corrected chi connectivity index (χ4v) is 2.03. The number of benzene rings is 1. The van der Waals surface area contributed by atoms with Crippen LogP contribution < -0.4 is 9.80 Å². The molecule has 1 aromatic rings. The van der Waals surface area contributed by atoms with Crippen LogP contribution in [-0.2, 0) is 9.59 Å². The minimum Gasteiger partial charge on any atom is -0.353 e. The Balaban J connectivity index is 2.48. The quantitative estimate of drug-likeness (QED) is 0.775. The van der Waals surface area contributed by atoms with Crippen LogP contribution >= 0.6 is 0 Å². The third-order valence-electron chi connectivity index (χ3n) is 2.92. The maximum atomic E-state index is 11.8. The van der Waals surface area contributed by atoms with Gasteiger partial charge in [-0.2, -0.15) is 5.26 Å². The van der Waals surface area contributed by atoms with Crippen molar-refractivity contribution in [3.05, 3.63) is 23.8 Å². The van der Waals surface area contributed by atoms with E-state index in [4.69, 9.17) is 5.26 Å². The van der Waals surface area contributed by atoms with E-state index in [9.17, 15) is 9.59 Å². The highest BCUT2D eigenvalue weighted by molar-refractivity contribution is 6.04. The summed E-state index contributed by atoms with van der Waals surface area (Å²) in [4.78, 5) is 26.3. The Morgan fingerprint density at radius 1 is 1.44 bits per heavy atom. The van der Waals surface area contributed by atoms with E-state index in [0.717, 1.165) is 5.69 Å². The maximum absolute atomic E-state index is 11.8. The van der Waals surface area contributed by atoms with Crippen LogP contribution in [0.3, 0.4) is 0 Å². The number of carbonyl (C=O) groups is 2. The van der Waals surface area contributed by atoms with Gasteiger partial charge in [-0.1, -0.05) is 0 Å². The van der Waals surface area contributed by atoms with Crippen molar-refractivity contribution < 1.29 is 9.59 Å². The van der Waals surface area contributed by atoms with Crippen LogP contribution in [0.1, 0.15) is 12.5 Å². The molecule has 1 aliphatic heterocycles. The Kier molecular flexibility index (Phi) is 3.02. The molecular formula is C13H13N3O2. The van der Waals surface area contributed by atoms with E-state index in [-0.39, 0.29) is 24.8 Å². The number of nitriles is 1. The fraction of sp³-hybridized carbons (Fsp3) is 0.308. The second-order valence-electron chi connectivity index (χ2n) is 4.33. The monoisotopic (exact) mass is 243 g/mol. The smallest absolute Gasteiger partial charge is 0.246 e. The minimum atomic E-state index is -0.0844. The summed E-state index contributed by atoms with van der Waals surface area (Å²) in [7, 11) is 1.67. The topological polar surface area (TPSA) is 64.4 Å². The second-order valence-corrected chi connectivity index (χ2v) is 4.33. The molecule has 0 radical (unpaired) electrons. The summed E-state index contributed by atoms with van der Waals surface area (Å²) in [5.41, 5.74) is 1.98. The standard InChI is InChI=1S/C13H13N3O2/c1-9(17)7-16-8-13(18)15(2)12-5-10(6-14)3-4-11(12)16/h3-5H,7-8H2,1-2H3. The van der Waals surface area contributed by atoms with Crippen molar-refractivity contribution in [3.63, 3.8) is 0 Å². The highest BCUT2D eigenvalue weighted by atomic mass is 16.2. The Hall–Kier alpha value is -2.35. The number of hydrogen-bond donors (Lipinski definition) is 0. The van der Waals surface area contributed by atoms with Crippen LogP contribution in [-0.4, -0.2) is 31.8 Å². The number of rotatable bonds is 2. The largest absolute Gasteiger partial charge is 0.353 e. The number of nitrogens with zero attached hydrogens (tertiary/aromatic N) is 3. The summed E-state index contributed by atoms with van der Waals surface area (Å²) in [5, 5.41) is 8.88. The number of likely N-dealkylation sites (N-methyl/N-ethyl adjacent to an activating group) is 1. The molecule has 0 N–H and O–H groups in total. The zero-order chi connectivity index (χ0) is 13.3. The lowest BCUT2D eigenvalue weighted by atomic mass is 10.1. The number of anilines is 2. The molecule has 0 aromatic heterocycles. The molecule has 0 unspecified atom stereocenters. The van der Waals surface area contributed by atoms with Crippen molar-refractivity contribution in [1.29, 1.82) is 5.26 Å². The molecule has 18 heavy (non-hydrogen) atoms. The van der Waals surface area contributed by atoms with Gasteiger partial charge in [-0.15, -0.1) is 0 Å². The molecule has 5 heteroatoms. The third-order valence-corrected chi connectivity index (χ3v) is 2.92. The lowest BCUT2D eigenvalue weighted by molar-refractivity contribution is -0.117. The van der Waals surface area contributed by atoms with Gasteiger partial charge in [0.1, 0.15) is 5.78 Å². The second kappa shape index (κ2) is 4.49. The van der Waals surface area contributed by atoms with Gasteiger partial charge in [0.25, 0.3) is 0 Å². The average molecular weight is 243 g/mol. The molecule has 1 heterocycles. The van der Waals surface area contributed by atoms with Crippen molar-refractivity contribution in [2.45, 2.75) is 6.92 Å². The van der Waals surface area contributed by atoms with E-state index in [2.05, 4.69) is 0 Å². The van der Waals surface area contributed by atoms with Crippen LogP contribution in [0.5, 0.6) is 0 Å². The summed E-state index contributed by atoms with van der Waals surface area (Å²) in [6.45, 7) is 1.89. The van der Waals surface area contributed by atoms with E-state index in [1.807, 2.05) is 6.07 Å². The van der Waals surface area contributed by atoms with Gasteiger partial charge in [0.05, 0.1) is 36.1 Å². The Morgan fingerprint density at radius 3 is 2.78 bits per heavy atom. The predicted octanol–water partition coefficient (Wildman–Crippen LogP) is 0.930. The van der Waals surface area contributed by atoms with Gasteiger partial charge >= 0.3 is 0 Å². The van der Waals surface area contributed by atoms with Crippen molar-refractivity contribution in [3.8, 4) is 6.07 Å². The number of Topliss-reactive ketones (excluding diaryl/α,β-unsaturated/α-hetero) is 1. The Bertz CT molecular complexity index is 560. The Labute approximate surface area is 105 Å². The maximum Gasteiger partial charge on any atom is 0.246 e. The van der Waals surface area contributed by atoms with Crippen LogP contribution in [0.4, 0.5) is 11.4 Å². The first kappa shape index (κ1) is 12.1. The summed E-state index contributed by atoms with van der Waals surface area (Å²) in [5.74, 6) is -0.0819. The van der Waals surface area contributed by atoms with E-state index in [0.29, 0.717) is 11.3 Å². The van der Waals surface area contributed by atoms with Crippen molar-refractivity contribution >= 4 is 23.1 Å². The fourth-order valence-electron chi connectivity index (χ4n) is 2.03. The van der Waals surface area contributed by atoms with Crippen LogP contribution in [0.25, 0.3) is 0 Å². The van der Waals surface area contributed by atoms with E-state index < -0.39 is 0 Å². The molecule has 0 fully saturated rings. The molecule has 1 aliphatic rings. The first-order chi connectivity index (χ1) is 8.52. The number of fused-ring (bicyclic) bond motifs is 1. The summed E-state index contributed by atoms with van der Waals surface area (Å²) < 4.78 is 0. The highest BCUT2D eigenvalue weighted by Crippen LogP contribution is 2.33. The van der Waals surface area contributed by atoms with Gasteiger partial charge in [0.15, 0.2) is 0 Å². The molecule has 0 aliphatic carbocycles. The Morgan fingerprint density at radius 2 is 2.17 bits per heavy atom. The van der Waals surface area contributed by atoms with E-state index in [1.54, 1.807) is 30.1 Å². The minimum absolute atomic E-state index is 0.00247. The lowest BCUT2D eigenvalue weighted by Gasteiger charge is -2.35. The number of ketones is 1. The number of amides is 1. The molecule has 0 spiro atoms. The molecular weight excluding hydrogens is 230 g/mol. The van der Waals surface area contributed by atoms with Gasteiger partial charge in [-0.25, -0.2) is 0 Å². The number of carbonyl (C=O) groups excluding carboxylic acids is 2. The first-order valence-corrected chi connectivity index (χ1v) is 5.58. The highest BCUT2D eigenvalue weighted by Gasteiger charge is 2.27. The van der Waals surface area contributed by atoms with Gasteiger partial charge in [0.2, 0.25) is 5.91 Å². The first-order valence-electron chi connectivity index (χ1n) is 5.58. The SMILES string of the molecule is CC(=O)CN1CC(=O)N(C)c2cc(C#N)ccc21. The van der Waals surface area contributed by atoms with Gasteiger partial charge in [-0.05, 0) is 25.1 Å². The van der Waals surface area contributed by atoms with Crippen molar-refractivity contribution in [2.75, 3.05) is 29.9 Å². The zero-order valence-corrected chi connectivity index (χ0v) is 10.3. The van der Waals surface area contributed by atoms with E-state index in [1.165, 1.54) is 11.8 Å². The van der Waals surface area contributed by atoms with Gasteiger partial charge in [-0.3, -0.25) is 9.59 Å². The van der Waals surface area contributed by atoms with Crippen LogP contribution in [0.2, 0.25) is 0 Å².